The highest BCUT2D eigenvalue weighted by molar-refractivity contribution is 7.17. The first-order valence-corrected chi connectivity index (χ1v) is 9.26. The fourth-order valence-corrected chi connectivity index (χ4v) is 3.66. The molecule has 1 N–H and O–H groups in total. The number of nitrogens with one attached hydrogen (secondary N) is 1. The summed E-state index contributed by atoms with van der Waals surface area (Å²) in [6, 6.07) is 5.83. The summed E-state index contributed by atoms with van der Waals surface area (Å²) in [5, 5.41) is 2.74. The van der Waals surface area contributed by atoms with Crippen molar-refractivity contribution in [3.8, 4) is 10.6 Å². The number of nitrogens with zero attached hydrogens (tertiary/aromatic N) is 4. The summed E-state index contributed by atoms with van der Waals surface area (Å²) in [5.41, 5.74) is 0.787. The molecule has 1 saturated heterocycles. The van der Waals surface area contributed by atoms with E-state index in [0.717, 1.165) is 23.6 Å². The zero-order valence-corrected chi connectivity index (χ0v) is 15.2. The lowest BCUT2D eigenvalue weighted by molar-refractivity contribution is 0.102. The number of pyridine rings is 2. The summed E-state index contributed by atoms with van der Waals surface area (Å²) >= 11 is 0.875. The number of thiazole rings is 1. The normalized spacial score (nSPS) is 16.4. The van der Waals surface area contributed by atoms with E-state index in [9.17, 15) is 18.0 Å². The van der Waals surface area contributed by atoms with Crippen LogP contribution in [-0.2, 0) is 0 Å². The third-order valence-corrected chi connectivity index (χ3v) is 5.31. The van der Waals surface area contributed by atoms with Crippen LogP contribution in [-0.4, -0.2) is 40.1 Å². The van der Waals surface area contributed by atoms with E-state index in [-0.39, 0.29) is 10.6 Å². The number of anilines is 2. The molecule has 1 aliphatic heterocycles. The summed E-state index contributed by atoms with van der Waals surface area (Å²) in [4.78, 5) is 25.4. The summed E-state index contributed by atoms with van der Waals surface area (Å²) < 4.78 is 40.3. The Morgan fingerprint density at radius 3 is 2.68 bits per heavy atom. The van der Waals surface area contributed by atoms with Crippen molar-refractivity contribution in [2.45, 2.75) is 12.6 Å². The molecule has 28 heavy (non-hydrogen) atoms. The van der Waals surface area contributed by atoms with E-state index in [1.807, 2.05) is 4.90 Å². The molecule has 0 aromatic carbocycles. The first kappa shape index (κ1) is 18.4. The standard InChI is InChI=1S/C18H14F3N5OS/c19-11-5-6-26(9-11)14-4-1-10(7-23-14)18-25-16(21)15(28-18)17(27)24-12-2-3-13(20)22-8-12/h1-4,7-8,11H,5-6,9H2,(H,24,27)/t11-/m1/s1. The Hall–Kier alpha value is -3.01. The summed E-state index contributed by atoms with van der Waals surface area (Å²) in [7, 11) is 0. The first-order valence-electron chi connectivity index (χ1n) is 8.44. The Kier molecular flexibility index (Phi) is 4.95. The van der Waals surface area contributed by atoms with Gasteiger partial charge in [-0.15, -0.1) is 11.3 Å². The van der Waals surface area contributed by atoms with Crippen LogP contribution >= 0.6 is 11.3 Å². The summed E-state index contributed by atoms with van der Waals surface area (Å²) in [6.45, 7) is 0.906. The topological polar surface area (TPSA) is 71.0 Å². The van der Waals surface area contributed by atoms with Crippen LogP contribution in [0.15, 0.2) is 36.7 Å². The van der Waals surface area contributed by atoms with E-state index in [0.29, 0.717) is 35.9 Å². The molecular formula is C18H14F3N5OS. The Morgan fingerprint density at radius 2 is 2.04 bits per heavy atom. The molecule has 4 rings (SSSR count). The molecule has 0 unspecified atom stereocenters. The van der Waals surface area contributed by atoms with Crippen molar-refractivity contribution in [3.05, 3.63) is 53.4 Å². The third kappa shape index (κ3) is 3.81. The number of carbonyl (C=O) groups excluding carboxylic acids is 1. The van der Waals surface area contributed by atoms with Crippen LogP contribution in [0.25, 0.3) is 10.6 Å². The lowest BCUT2D eigenvalue weighted by Gasteiger charge is -2.15. The summed E-state index contributed by atoms with van der Waals surface area (Å²) in [5.74, 6) is -1.65. The highest BCUT2D eigenvalue weighted by atomic mass is 32.1. The third-order valence-electron chi connectivity index (χ3n) is 4.23. The average molecular weight is 405 g/mol. The molecule has 144 valence electrons. The molecular weight excluding hydrogens is 391 g/mol. The molecule has 1 amide bonds. The van der Waals surface area contributed by atoms with E-state index in [2.05, 4.69) is 20.3 Å². The molecule has 1 fully saturated rings. The Balaban J connectivity index is 1.50. The van der Waals surface area contributed by atoms with Gasteiger partial charge in [0.1, 0.15) is 21.9 Å². The molecule has 3 aromatic heterocycles. The number of carbonyl (C=O) groups is 1. The highest BCUT2D eigenvalue weighted by Crippen LogP contribution is 2.29. The van der Waals surface area contributed by atoms with Gasteiger partial charge in [0, 0.05) is 18.3 Å². The van der Waals surface area contributed by atoms with Gasteiger partial charge in [0.25, 0.3) is 5.91 Å². The van der Waals surface area contributed by atoms with E-state index in [4.69, 9.17) is 0 Å². The zero-order chi connectivity index (χ0) is 19.7. The number of hydrogen-bond acceptors (Lipinski definition) is 6. The van der Waals surface area contributed by atoms with Gasteiger partial charge in [-0.1, -0.05) is 0 Å². The second kappa shape index (κ2) is 7.55. The van der Waals surface area contributed by atoms with Gasteiger partial charge in [-0.2, -0.15) is 8.78 Å². The van der Waals surface area contributed by atoms with Crippen LogP contribution < -0.4 is 10.2 Å². The van der Waals surface area contributed by atoms with Gasteiger partial charge in [-0.05, 0) is 30.7 Å². The molecule has 1 aliphatic rings. The Bertz CT molecular complexity index is 993. The lowest BCUT2D eigenvalue weighted by Crippen LogP contribution is -2.20. The molecule has 0 spiro atoms. The van der Waals surface area contributed by atoms with E-state index in [1.54, 1.807) is 12.1 Å². The number of alkyl halides is 1. The van der Waals surface area contributed by atoms with Gasteiger partial charge in [0.15, 0.2) is 0 Å². The van der Waals surface area contributed by atoms with Gasteiger partial charge >= 0.3 is 0 Å². The van der Waals surface area contributed by atoms with Crippen LogP contribution in [0.3, 0.4) is 0 Å². The maximum atomic E-state index is 14.2. The quantitative estimate of drug-likeness (QED) is 0.671. The smallest absolute Gasteiger partial charge is 0.270 e. The molecule has 10 heteroatoms. The minimum Gasteiger partial charge on any atom is -0.354 e. The summed E-state index contributed by atoms with van der Waals surface area (Å²) in [6.07, 6.45) is 2.27. The predicted molar refractivity (Wildman–Crippen MR) is 99.2 cm³/mol. The van der Waals surface area contributed by atoms with Crippen LogP contribution in [0.2, 0.25) is 0 Å². The van der Waals surface area contributed by atoms with E-state index < -0.39 is 24.0 Å². The maximum Gasteiger partial charge on any atom is 0.270 e. The van der Waals surface area contributed by atoms with Gasteiger partial charge in [0.2, 0.25) is 11.9 Å². The zero-order valence-electron chi connectivity index (χ0n) is 14.4. The second-order valence-electron chi connectivity index (χ2n) is 6.20. The fourth-order valence-electron chi connectivity index (χ4n) is 2.83. The second-order valence-corrected chi connectivity index (χ2v) is 7.20. The van der Waals surface area contributed by atoms with Crippen LogP contribution in [0.5, 0.6) is 0 Å². The molecule has 1 atom stereocenters. The van der Waals surface area contributed by atoms with E-state index in [1.165, 1.54) is 12.3 Å². The maximum absolute atomic E-state index is 14.2. The van der Waals surface area contributed by atoms with Crippen molar-refractivity contribution < 1.29 is 18.0 Å². The predicted octanol–water partition coefficient (Wildman–Crippen LogP) is 3.68. The Labute approximate surface area is 162 Å². The van der Waals surface area contributed by atoms with Crippen molar-refractivity contribution >= 4 is 28.7 Å². The average Bonchev–Trinajstić information content (AvgIpc) is 3.30. The first-order chi connectivity index (χ1) is 13.5. The monoisotopic (exact) mass is 405 g/mol. The molecule has 3 aromatic rings. The van der Waals surface area contributed by atoms with Gasteiger partial charge in [-0.25, -0.2) is 19.3 Å². The lowest BCUT2D eigenvalue weighted by atomic mass is 10.3. The molecule has 6 nitrogen and oxygen atoms in total. The van der Waals surface area contributed by atoms with Crippen LogP contribution in [0.1, 0.15) is 16.1 Å². The number of halogens is 3. The van der Waals surface area contributed by atoms with Gasteiger partial charge < -0.3 is 10.2 Å². The molecule has 0 aliphatic carbocycles. The fraction of sp³-hybridized carbons (Fsp3) is 0.222. The SMILES string of the molecule is O=C(Nc1ccc(F)nc1)c1sc(-c2ccc(N3CC[C@@H](F)C3)nc2)nc1F. The van der Waals surface area contributed by atoms with E-state index >= 15 is 0 Å². The van der Waals surface area contributed by atoms with Crippen molar-refractivity contribution in [1.29, 1.82) is 0 Å². The number of rotatable bonds is 4. The minimum atomic E-state index is -0.906. The number of hydrogen-bond donors (Lipinski definition) is 1. The molecule has 0 saturated carbocycles. The molecule has 0 bridgehead atoms. The Morgan fingerprint density at radius 1 is 1.18 bits per heavy atom. The van der Waals surface area contributed by atoms with Crippen molar-refractivity contribution in [1.82, 2.24) is 15.0 Å². The van der Waals surface area contributed by atoms with Gasteiger partial charge in [-0.3, -0.25) is 4.79 Å². The van der Waals surface area contributed by atoms with Crippen molar-refractivity contribution in [2.24, 2.45) is 0 Å². The number of amides is 1. The van der Waals surface area contributed by atoms with Crippen LogP contribution in [0, 0.1) is 11.9 Å². The molecule has 0 radical (unpaired) electrons. The minimum absolute atomic E-state index is 0.205. The highest BCUT2D eigenvalue weighted by Gasteiger charge is 2.23. The van der Waals surface area contributed by atoms with Crippen LogP contribution in [0.4, 0.5) is 24.7 Å². The largest absolute Gasteiger partial charge is 0.354 e. The molecule has 4 heterocycles. The van der Waals surface area contributed by atoms with Crippen molar-refractivity contribution in [2.75, 3.05) is 23.3 Å². The van der Waals surface area contributed by atoms with Crippen molar-refractivity contribution in [3.63, 3.8) is 0 Å². The van der Waals surface area contributed by atoms with Gasteiger partial charge in [0.05, 0.1) is 18.4 Å². The number of aromatic nitrogens is 3.